The van der Waals surface area contributed by atoms with E-state index >= 15 is 0 Å². The van der Waals surface area contributed by atoms with Gasteiger partial charge in [-0.05, 0) is 17.4 Å². The summed E-state index contributed by atoms with van der Waals surface area (Å²) in [6.45, 7) is 9.91. The van der Waals surface area contributed by atoms with E-state index in [9.17, 15) is 4.91 Å². The Morgan fingerprint density at radius 1 is 1.67 bits per heavy atom. The van der Waals surface area contributed by atoms with Crippen LogP contribution in [0.15, 0.2) is 17.8 Å². The molecule has 0 spiro atoms. The van der Waals surface area contributed by atoms with Crippen molar-refractivity contribution in [1.29, 1.82) is 0 Å². The van der Waals surface area contributed by atoms with E-state index in [1.165, 1.54) is 0 Å². The summed E-state index contributed by atoms with van der Waals surface area (Å²) in [4.78, 5) is 10.6. The molecule has 0 saturated carbocycles. The van der Waals surface area contributed by atoms with Crippen molar-refractivity contribution in [3.05, 3.63) is 17.6 Å². The molecule has 2 nitrogen and oxygen atoms in total. The minimum absolute atomic E-state index is 0.0535. The van der Waals surface area contributed by atoms with Crippen LogP contribution < -0.4 is 0 Å². The molecule has 0 aliphatic rings. The van der Waals surface area contributed by atoms with Gasteiger partial charge in [0.05, 0.1) is 6.04 Å². The summed E-state index contributed by atoms with van der Waals surface area (Å²) < 4.78 is 0. The molecule has 0 heterocycles. The van der Waals surface area contributed by atoms with Gasteiger partial charge in [-0.15, -0.1) is 6.58 Å². The molecule has 12 heavy (non-hydrogen) atoms. The molecule has 0 fully saturated rings. The lowest BCUT2D eigenvalue weighted by molar-refractivity contribution is 0.383. The molecule has 0 saturated heterocycles. The van der Waals surface area contributed by atoms with Crippen molar-refractivity contribution in [2.24, 2.45) is 11.1 Å². The summed E-state index contributed by atoms with van der Waals surface area (Å²) >= 11 is 0. The Bertz CT molecular complexity index is 166. The fraction of sp³-hybridized carbons (Fsp3) is 0.778. The average molecular weight is 185 g/mol. The van der Waals surface area contributed by atoms with E-state index in [4.69, 9.17) is 0 Å². The minimum Gasteiger partial charge on any atom is -0.151 e. The SMILES string of the molecule is C=CCC(C)([SiH3])C(N=O)C(C)C. The standard InChI is InChI=1S/C9H19NOSi/c1-5-6-9(4,12)8(10-11)7(2)3/h5,7-8H,1,6H2,2-4,12H3. The van der Waals surface area contributed by atoms with Gasteiger partial charge in [0.1, 0.15) is 0 Å². The Labute approximate surface area is 77.8 Å². The molecule has 0 radical (unpaired) electrons. The van der Waals surface area contributed by atoms with Gasteiger partial charge in [-0.1, -0.05) is 32.0 Å². The highest BCUT2D eigenvalue weighted by Gasteiger charge is 2.31. The van der Waals surface area contributed by atoms with E-state index in [1.54, 1.807) is 0 Å². The van der Waals surface area contributed by atoms with Gasteiger partial charge in [0.25, 0.3) is 0 Å². The van der Waals surface area contributed by atoms with Gasteiger partial charge in [0.2, 0.25) is 0 Å². The maximum absolute atomic E-state index is 10.6. The number of rotatable bonds is 5. The largest absolute Gasteiger partial charge is 0.151 e. The van der Waals surface area contributed by atoms with E-state index < -0.39 is 0 Å². The van der Waals surface area contributed by atoms with Crippen LogP contribution in [0.1, 0.15) is 27.2 Å². The second-order valence-corrected chi connectivity index (χ2v) is 6.56. The van der Waals surface area contributed by atoms with Crippen LogP contribution in [0, 0.1) is 10.8 Å². The van der Waals surface area contributed by atoms with Gasteiger partial charge < -0.3 is 0 Å². The van der Waals surface area contributed by atoms with Gasteiger partial charge in [-0.25, -0.2) is 0 Å². The molecule has 0 N–H and O–H groups in total. The van der Waals surface area contributed by atoms with E-state index in [2.05, 4.69) is 18.7 Å². The first kappa shape index (κ1) is 11.6. The second kappa shape index (κ2) is 4.55. The molecule has 2 atom stereocenters. The Morgan fingerprint density at radius 2 is 2.17 bits per heavy atom. The zero-order valence-corrected chi connectivity index (χ0v) is 10.5. The van der Waals surface area contributed by atoms with Gasteiger partial charge in [-0.2, -0.15) is 4.91 Å². The molecule has 0 aliphatic heterocycles. The van der Waals surface area contributed by atoms with E-state index in [0.717, 1.165) is 16.7 Å². The smallest absolute Gasteiger partial charge is 0.0966 e. The van der Waals surface area contributed by atoms with Crippen molar-refractivity contribution in [3.8, 4) is 0 Å². The number of allylic oxidation sites excluding steroid dienone is 1. The zero-order chi connectivity index (χ0) is 9.78. The molecule has 0 amide bonds. The second-order valence-electron chi connectivity index (χ2n) is 4.28. The molecule has 3 heteroatoms. The topological polar surface area (TPSA) is 29.4 Å². The third-order valence-electron chi connectivity index (χ3n) is 2.22. The summed E-state index contributed by atoms with van der Waals surface area (Å²) in [5.74, 6) is 0.338. The van der Waals surface area contributed by atoms with Crippen LogP contribution in [0.5, 0.6) is 0 Å². The maximum Gasteiger partial charge on any atom is 0.0966 e. The van der Waals surface area contributed by atoms with E-state index in [0.29, 0.717) is 5.92 Å². The number of hydrogen-bond donors (Lipinski definition) is 0. The zero-order valence-electron chi connectivity index (χ0n) is 8.50. The summed E-state index contributed by atoms with van der Waals surface area (Å²) in [7, 11) is 0.984. The predicted molar refractivity (Wildman–Crippen MR) is 57.5 cm³/mol. The molecule has 0 bridgehead atoms. The molecule has 2 unspecified atom stereocenters. The number of nitrogens with zero attached hydrogens (tertiary/aromatic N) is 1. The summed E-state index contributed by atoms with van der Waals surface area (Å²) in [6.07, 6.45) is 2.78. The number of hydrogen-bond acceptors (Lipinski definition) is 2. The molecular weight excluding hydrogens is 166 g/mol. The monoisotopic (exact) mass is 185 g/mol. The Balaban J connectivity index is 4.45. The van der Waals surface area contributed by atoms with E-state index in [-0.39, 0.29) is 11.1 Å². The van der Waals surface area contributed by atoms with Crippen LogP contribution in [0.3, 0.4) is 0 Å². The van der Waals surface area contributed by atoms with Gasteiger partial charge in [-0.3, -0.25) is 0 Å². The van der Waals surface area contributed by atoms with Crippen LogP contribution in [0.4, 0.5) is 0 Å². The molecule has 0 aromatic rings. The molecule has 0 aromatic carbocycles. The third kappa shape index (κ3) is 2.89. The van der Waals surface area contributed by atoms with Gasteiger partial charge >= 0.3 is 0 Å². The summed E-state index contributed by atoms with van der Waals surface area (Å²) in [6, 6.07) is -0.0535. The van der Waals surface area contributed by atoms with Crippen molar-refractivity contribution in [3.63, 3.8) is 0 Å². The van der Waals surface area contributed by atoms with Crippen molar-refractivity contribution in [2.75, 3.05) is 0 Å². The normalized spacial score (nSPS) is 18.7. The third-order valence-corrected chi connectivity index (χ3v) is 3.22. The maximum atomic E-state index is 10.6. The lowest BCUT2D eigenvalue weighted by Gasteiger charge is -2.30. The Hall–Kier alpha value is -0.443. The minimum atomic E-state index is -0.0535. The van der Waals surface area contributed by atoms with Crippen LogP contribution in [-0.2, 0) is 0 Å². The molecule has 70 valence electrons. The molecule has 0 aromatic heterocycles. The lowest BCUT2D eigenvalue weighted by Crippen LogP contribution is -2.28. The Morgan fingerprint density at radius 3 is 2.42 bits per heavy atom. The summed E-state index contributed by atoms with van der Waals surface area (Å²) in [5, 5.41) is 3.30. The van der Waals surface area contributed by atoms with E-state index in [1.807, 2.05) is 19.9 Å². The first-order valence-electron chi connectivity index (χ1n) is 4.39. The summed E-state index contributed by atoms with van der Waals surface area (Å²) in [5.41, 5.74) is 0. The van der Waals surface area contributed by atoms with Crippen molar-refractivity contribution < 1.29 is 0 Å². The first-order chi connectivity index (χ1) is 5.45. The quantitative estimate of drug-likeness (QED) is 0.365. The molecular formula is C9H19NOSi. The van der Waals surface area contributed by atoms with Crippen molar-refractivity contribution in [2.45, 2.75) is 38.3 Å². The van der Waals surface area contributed by atoms with Crippen LogP contribution >= 0.6 is 0 Å². The predicted octanol–water partition coefficient (Wildman–Crippen LogP) is 1.90. The Kier molecular flexibility index (Phi) is 4.38. The van der Waals surface area contributed by atoms with Crippen molar-refractivity contribution in [1.82, 2.24) is 0 Å². The first-order valence-corrected chi connectivity index (χ1v) is 5.39. The van der Waals surface area contributed by atoms with Crippen LogP contribution in [0.25, 0.3) is 0 Å². The fourth-order valence-electron chi connectivity index (χ4n) is 1.66. The van der Waals surface area contributed by atoms with Crippen LogP contribution in [0.2, 0.25) is 5.04 Å². The van der Waals surface area contributed by atoms with Crippen LogP contribution in [-0.4, -0.2) is 16.3 Å². The fourth-order valence-corrected chi connectivity index (χ4v) is 2.72. The number of nitroso groups, excluding NO2 is 1. The molecule has 0 aliphatic carbocycles. The van der Waals surface area contributed by atoms with Crippen molar-refractivity contribution >= 4 is 10.2 Å². The average Bonchev–Trinajstić information content (AvgIpc) is 1.86. The highest BCUT2D eigenvalue weighted by Crippen LogP contribution is 2.36. The lowest BCUT2D eigenvalue weighted by atomic mass is 9.89. The highest BCUT2D eigenvalue weighted by molar-refractivity contribution is 6.15. The highest BCUT2D eigenvalue weighted by atomic mass is 28.1. The van der Waals surface area contributed by atoms with Gasteiger partial charge in [0.15, 0.2) is 0 Å². The van der Waals surface area contributed by atoms with Gasteiger partial charge in [0, 0.05) is 10.2 Å². The molecule has 0 rings (SSSR count).